The van der Waals surface area contributed by atoms with E-state index in [0.717, 1.165) is 28.5 Å². The SMILES string of the molecule is COC(=O)c1cn2c(cc1=O)-c1oc3cc(C)ccc3c1CC2. The monoisotopic (exact) mass is 309 g/mol. The summed E-state index contributed by atoms with van der Waals surface area (Å²) < 4.78 is 12.5. The molecule has 1 aromatic carbocycles. The molecule has 0 bridgehead atoms. The van der Waals surface area contributed by atoms with Crippen molar-refractivity contribution in [3.05, 3.63) is 57.4 Å². The summed E-state index contributed by atoms with van der Waals surface area (Å²) in [6.07, 6.45) is 2.35. The maximum atomic E-state index is 12.2. The van der Waals surface area contributed by atoms with E-state index >= 15 is 0 Å². The molecule has 0 atom stereocenters. The number of rotatable bonds is 1. The van der Waals surface area contributed by atoms with E-state index in [0.29, 0.717) is 18.0 Å². The van der Waals surface area contributed by atoms with Crippen LogP contribution < -0.4 is 5.43 Å². The largest absolute Gasteiger partial charge is 0.465 e. The number of hydrogen-bond donors (Lipinski definition) is 0. The number of hydrogen-bond acceptors (Lipinski definition) is 4. The van der Waals surface area contributed by atoms with Crippen LogP contribution in [-0.2, 0) is 17.7 Å². The Kier molecular flexibility index (Phi) is 2.91. The molecule has 0 spiro atoms. The highest BCUT2D eigenvalue weighted by molar-refractivity contribution is 5.91. The Morgan fingerprint density at radius 2 is 2.13 bits per heavy atom. The predicted molar refractivity (Wildman–Crippen MR) is 85.7 cm³/mol. The van der Waals surface area contributed by atoms with Gasteiger partial charge in [0.1, 0.15) is 11.1 Å². The van der Waals surface area contributed by atoms with E-state index in [1.165, 1.54) is 13.2 Å². The van der Waals surface area contributed by atoms with Crippen LogP contribution in [0.5, 0.6) is 0 Å². The van der Waals surface area contributed by atoms with Gasteiger partial charge in [0.15, 0.2) is 11.2 Å². The molecule has 0 aliphatic carbocycles. The van der Waals surface area contributed by atoms with Gasteiger partial charge in [-0.05, 0) is 25.0 Å². The molecular weight excluding hydrogens is 294 g/mol. The summed E-state index contributed by atoms with van der Waals surface area (Å²) in [7, 11) is 1.27. The third-order valence-corrected chi connectivity index (χ3v) is 4.32. The standard InChI is InChI=1S/C18H15NO4/c1-10-3-4-11-12-5-6-19-9-13(18(21)22-2)15(20)8-14(19)17(12)23-16(11)7-10/h3-4,7-9H,5-6H2,1-2H3. The van der Waals surface area contributed by atoms with Crippen molar-refractivity contribution in [2.24, 2.45) is 0 Å². The molecule has 23 heavy (non-hydrogen) atoms. The number of aromatic nitrogens is 1. The second-order valence-electron chi connectivity index (χ2n) is 5.78. The van der Waals surface area contributed by atoms with Crippen molar-refractivity contribution in [2.75, 3.05) is 7.11 Å². The predicted octanol–water partition coefficient (Wildman–Crippen LogP) is 2.91. The van der Waals surface area contributed by atoms with E-state index in [1.807, 2.05) is 17.6 Å². The minimum absolute atomic E-state index is 0.0478. The second kappa shape index (κ2) is 4.84. The maximum Gasteiger partial charge on any atom is 0.343 e. The third kappa shape index (κ3) is 2.00. The van der Waals surface area contributed by atoms with Gasteiger partial charge in [-0.15, -0.1) is 0 Å². The Morgan fingerprint density at radius 3 is 2.91 bits per heavy atom. The fourth-order valence-corrected chi connectivity index (χ4v) is 3.16. The summed E-state index contributed by atoms with van der Waals surface area (Å²) in [5.41, 5.74) is 3.47. The molecule has 2 aromatic heterocycles. The lowest BCUT2D eigenvalue weighted by atomic mass is 10.0. The van der Waals surface area contributed by atoms with Gasteiger partial charge < -0.3 is 13.7 Å². The number of furan rings is 1. The first-order chi connectivity index (χ1) is 11.1. The molecule has 116 valence electrons. The summed E-state index contributed by atoms with van der Waals surface area (Å²) in [6.45, 7) is 2.71. The summed E-state index contributed by atoms with van der Waals surface area (Å²) in [5.74, 6) is 0.0988. The highest BCUT2D eigenvalue weighted by atomic mass is 16.5. The molecule has 5 heteroatoms. The van der Waals surface area contributed by atoms with Gasteiger partial charge in [0, 0.05) is 29.8 Å². The molecule has 4 rings (SSSR count). The lowest BCUT2D eigenvalue weighted by Gasteiger charge is -2.18. The lowest BCUT2D eigenvalue weighted by Crippen LogP contribution is -2.22. The quantitative estimate of drug-likeness (QED) is 0.648. The molecule has 0 unspecified atom stereocenters. The van der Waals surface area contributed by atoms with E-state index in [9.17, 15) is 9.59 Å². The Labute approximate surface area is 132 Å². The van der Waals surface area contributed by atoms with E-state index in [2.05, 4.69) is 16.9 Å². The van der Waals surface area contributed by atoms with E-state index in [1.54, 1.807) is 6.20 Å². The van der Waals surface area contributed by atoms with Crippen LogP contribution in [0.1, 0.15) is 21.5 Å². The number of esters is 1. The molecule has 0 N–H and O–H groups in total. The maximum absolute atomic E-state index is 12.2. The van der Waals surface area contributed by atoms with Crippen LogP contribution >= 0.6 is 0 Å². The average Bonchev–Trinajstić information content (AvgIpc) is 2.91. The highest BCUT2D eigenvalue weighted by Crippen LogP contribution is 2.37. The Balaban J connectivity index is 1.96. The molecule has 3 aromatic rings. The van der Waals surface area contributed by atoms with Crippen LogP contribution in [0.15, 0.2) is 39.7 Å². The van der Waals surface area contributed by atoms with Crippen molar-refractivity contribution in [1.82, 2.24) is 4.57 Å². The molecular formula is C18H15NO4. The van der Waals surface area contributed by atoms with Gasteiger partial charge in [0.25, 0.3) is 0 Å². The van der Waals surface area contributed by atoms with Crippen molar-refractivity contribution in [2.45, 2.75) is 19.9 Å². The van der Waals surface area contributed by atoms with E-state index < -0.39 is 5.97 Å². The average molecular weight is 309 g/mol. The van der Waals surface area contributed by atoms with E-state index in [4.69, 9.17) is 4.42 Å². The van der Waals surface area contributed by atoms with Crippen LogP contribution in [0.3, 0.4) is 0 Å². The topological polar surface area (TPSA) is 61.4 Å². The van der Waals surface area contributed by atoms with Crippen LogP contribution in [0.2, 0.25) is 0 Å². The zero-order valence-electron chi connectivity index (χ0n) is 12.9. The molecule has 0 saturated heterocycles. The Morgan fingerprint density at radius 1 is 1.30 bits per heavy atom. The van der Waals surface area contributed by atoms with Gasteiger partial charge in [-0.3, -0.25) is 4.79 Å². The third-order valence-electron chi connectivity index (χ3n) is 4.32. The molecule has 0 saturated carbocycles. The van der Waals surface area contributed by atoms with E-state index in [-0.39, 0.29) is 11.0 Å². The molecule has 0 radical (unpaired) electrons. The highest BCUT2D eigenvalue weighted by Gasteiger charge is 2.24. The van der Waals surface area contributed by atoms with Gasteiger partial charge in [-0.1, -0.05) is 12.1 Å². The minimum atomic E-state index is -0.615. The number of carbonyl (C=O) groups is 1. The Hall–Kier alpha value is -2.82. The van der Waals surface area contributed by atoms with Gasteiger partial charge in [0.05, 0.1) is 12.8 Å². The number of aryl methyl sites for hydroxylation is 3. The molecule has 1 aliphatic heterocycles. The first kappa shape index (κ1) is 13.8. The van der Waals surface area contributed by atoms with Crippen molar-refractivity contribution in [1.29, 1.82) is 0 Å². The summed E-state index contributed by atoms with van der Waals surface area (Å²) >= 11 is 0. The van der Waals surface area contributed by atoms with Crippen molar-refractivity contribution >= 4 is 16.9 Å². The number of nitrogens with zero attached hydrogens (tertiary/aromatic N) is 1. The number of carbonyl (C=O) groups excluding carboxylic acids is 1. The first-order valence-electron chi connectivity index (χ1n) is 7.43. The van der Waals surface area contributed by atoms with Crippen molar-refractivity contribution in [3.8, 4) is 11.5 Å². The summed E-state index contributed by atoms with van der Waals surface area (Å²) in [4.78, 5) is 23.9. The summed E-state index contributed by atoms with van der Waals surface area (Å²) in [5, 5.41) is 1.08. The second-order valence-corrected chi connectivity index (χ2v) is 5.78. The zero-order valence-corrected chi connectivity index (χ0v) is 12.9. The Bertz CT molecular complexity index is 1010. The molecule has 5 nitrogen and oxygen atoms in total. The first-order valence-corrected chi connectivity index (χ1v) is 7.43. The van der Waals surface area contributed by atoms with Crippen LogP contribution in [0, 0.1) is 6.92 Å². The van der Waals surface area contributed by atoms with Gasteiger partial charge in [0.2, 0.25) is 0 Å². The van der Waals surface area contributed by atoms with Crippen molar-refractivity contribution < 1.29 is 13.9 Å². The van der Waals surface area contributed by atoms with Gasteiger partial charge in [-0.25, -0.2) is 4.79 Å². The lowest BCUT2D eigenvalue weighted by molar-refractivity contribution is 0.0598. The molecule has 1 aliphatic rings. The smallest absolute Gasteiger partial charge is 0.343 e. The fraction of sp³-hybridized carbons (Fsp3) is 0.222. The molecule has 3 heterocycles. The summed E-state index contributed by atoms with van der Waals surface area (Å²) in [6, 6.07) is 7.57. The number of fused-ring (bicyclic) bond motifs is 5. The van der Waals surface area contributed by atoms with Gasteiger partial charge in [-0.2, -0.15) is 0 Å². The van der Waals surface area contributed by atoms with Crippen LogP contribution in [-0.4, -0.2) is 17.6 Å². The number of ether oxygens (including phenoxy) is 1. The van der Waals surface area contributed by atoms with Crippen LogP contribution in [0.25, 0.3) is 22.4 Å². The molecule has 0 amide bonds. The van der Waals surface area contributed by atoms with Crippen LogP contribution in [0.4, 0.5) is 0 Å². The molecule has 0 fully saturated rings. The number of benzene rings is 1. The zero-order chi connectivity index (χ0) is 16.1. The van der Waals surface area contributed by atoms with Crippen molar-refractivity contribution in [3.63, 3.8) is 0 Å². The van der Waals surface area contributed by atoms with Gasteiger partial charge >= 0.3 is 5.97 Å². The normalized spacial score (nSPS) is 12.8. The fourth-order valence-electron chi connectivity index (χ4n) is 3.16. The number of methoxy groups -OCH3 is 1. The number of pyridine rings is 1. The minimum Gasteiger partial charge on any atom is -0.465 e.